The van der Waals surface area contributed by atoms with Gasteiger partial charge < -0.3 is 10.2 Å². The molecule has 0 spiro atoms. The highest BCUT2D eigenvalue weighted by Crippen LogP contribution is 2.34. The topological polar surface area (TPSA) is 87.0 Å². The van der Waals surface area contributed by atoms with E-state index in [9.17, 15) is 9.59 Å². The van der Waals surface area contributed by atoms with Crippen LogP contribution in [0, 0.1) is 0 Å². The fourth-order valence-electron chi connectivity index (χ4n) is 1.15. The van der Waals surface area contributed by atoms with Crippen LogP contribution in [0.2, 0.25) is 0 Å². The Balaban J connectivity index is 3.01. The molecule has 6 heteroatoms. The first kappa shape index (κ1) is 11.0. The number of carboxylic acid groups (broad SMARTS) is 2. The molecular formula is C8H11NO4S. The van der Waals surface area contributed by atoms with Gasteiger partial charge in [-0.2, -0.15) is 0 Å². The molecule has 1 rings (SSSR count). The Morgan fingerprint density at radius 1 is 1.50 bits per heavy atom. The Kier molecular flexibility index (Phi) is 2.84. The maximum Gasteiger partial charge on any atom is 0.350 e. The quantitative estimate of drug-likeness (QED) is 0.703. The molecule has 0 aliphatic carbocycles. The third kappa shape index (κ3) is 2.06. The summed E-state index contributed by atoms with van der Waals surface area (Å²) in [6, 6.07) is -0.979. The molecule has 0 aromatic rings. The van der Waals surface area contributed by atoms with Crippen LogP contribution < -0.4 is 0 Å². The van der Waals surface area contributed by atoms with Gasteiger partial charge in [-0.25, -0.2) is 9.59 Å². The highest BCUT2D eigenvalue weighted by molar-refractivity contribution is 8.01. The van der Waals surface area contributed by atoms with Crippen LogP contribution in [0.15, 0.2) is 4.99 Å². The number of carbonyl (C=O) groups is 2. The van der Waals surface area contributed by atoms with Gasteiger partial charge in [0.05, 0.1) is 0 Å². The summed E-state index contributed by atoms with van der Waals surface area (Å²) in [5.41, 5.74) is -0.0678. The summed E-state index contributed by atoms with van der Waals surface area (Å²) in [5.74, 6) is -1.97. The zero-order chi connectivity index (χ0) is 10.9. The molecule has 1 aliphatic heterocycles. The molecule has 0 amide bonds. The minimum Gasteiger partial charge on any atom is -0.480 e. The average Bonchev–Trinajstić information content (AvgIpc) is 2.02. The van der Waals surface area contributed by atoms with Crippen molar-refractivity contribution in [3.63, 3.8) is 0 Å². The van der Waals surface area contributed by atoms with Gasteiger partial charge >= 0.3 is 11.9 Å². The number of carboxylic acids is 2. The van der Waals surface area contributed by atoms with Gasteiger partial charge in [0.25, 0.3) is 0 Å². The second-order valence-corrected chi connectivity index (χ2v) is 5.14. The summed E-state index contributed by atoms with van der Waals surface area (Å²) >= 11 is 1.30. The second-order valence-electron chi connectivity index (χ2n) is 3.51. The SMILES string of the molecule is CC1(C)SCC(C(=O)O)=NC1C(=O)O. The largest absolute Gasteiger partial charge is 0.480 e. The minimum absolute atomic E-state index is 0.0678. The van der Waals surface area contributed by atoms with Gasteiger partial charge in [0.15, 0.2) is 6.04 Å². The maximum absolute atomic E-state index is 10.8. The summed E-state index contributed by atoms with van der Waals surface area (Å²) < 4.78 is -0.551. The molecular weight excluding hydrogens is 206 g/mol. The molecule has 2 N–H and O–H groups in total. The van der Waals surface area contributed by atoms with Crippen molar-refractivity contribution in [1.82, 2.24) is 0 Å². The maximum atomic E-state index is 10.8. The van der Waals surface area contributed by atoms with Crippen molar-refractivity contribution < 1.29 is 19.8 Å². The van der Waals surface area contributed by atoms with Gasteiger partial charge in [0.2, 0.25) is 0 Å². The van der Waals surface area contributed by atoms with Crippen molar-refractivity contribution in [2.24, 2.45) is 4.99 Å². The number of aliphatic carboxylic acids is 2. The van der Waals surface area contributed by atoms with Gasteiger partial charge in [-0.1, -0.05) is 0 Å². The van der Waals surface area contributed by atoms with Crippen molar-refractivity contribution >= 4 is 29.4 Å². The molecule has 1 heterocycles. The van der Waals surface area contributed by atoms with Crippen molar-refractivity contribution in [3.8, 4) is 0 Å². The molecule has 1 atom stereocenters. The number of thioether (sulfide) groups is 1. The second kappa shape index (κ2) is 3.61. The van der Waals surface area contributed by atoms with E-state index in [-0.39, 0.29) is 11.5 Å². The third-order valence-electron chi connectivity index (χ3n) is 2.01. The Hall–Kier alpha value is -1.04. The van der Waals surface area contributed by atoms with Crippen LogP contribution in [0.5, 0.6) is 0 Å². The Morgan fingerprint density at radius 2 is 2.07 bits per heavy atom. The number of nitrogens with zero attached hydrogens (tertiary/aromatic N) is 1. The lowest BCUT2D eigenvalue weighted by Gasteiger charge is -2.31. The van der Waals surface area contributed by atoms with E-state index in [0.29, 0.717) is 0 Å². The summed E-state index contributed by atoms with van der Waals surface area (Å²) in [7, 11) is 0. The molecule has 0 saturated carbocycles. The number of hydrogen-bond donors (Lipinski definition) is 2. The summed E-state index contributed by atoms with van der Waals surface area (Å²) in [4.78, 5) is 25.2. The zero-order valence-corrected chi connectivity index (χ0v) is 8.67. The molecule has 14 heavy (non-hydrogen) atoms. The predicted molar refractivity (Wildman–Crippen MR) is 53.0 cm³/mol. The van der Waals surface area contributed by atoms with Gasteiger partial charge in [0.1, 0.15) is 5.71 Å². The van der Waals surface area contributed by atoms with Crippen LogP contribution in [0.4, 0.5) is 0 Å². The summed E-state index contributed by atoms with van der Waals surface area (Å²) in [6.45, 7) is 3.50. The minimum atomic E-state index is -1.14. The van der Waals surface area contributed by atoms with Gasteiger partial charge in [-0.05, 0) is 13.8 Å². The smallest absolute Gasteiger partial charge is 0.350 e. The van der Waals surface area contributed by atoms with Crippen molar-refractivity contribution in [1.29, 1.82) is 0 Å². The molecule has 1 aliphatic rings. The van der Waals surface area contributed by atoms with E-state index < -0.39 is 22.7 Å². The highest BCUT2D eigenvalue weighted by atomic mass is 32.2. The molecule has 0 radical (unpaired) electrons. The van der Waals surface area contributed by atoms with Crippen LogP contribution in [-0.2, 0) is 9.59 Å². The first-order valence-corrected chi connectivity index (χ1v) is 5.00. The average molecular weight is 217 g/mol. The van der Waals surface area contributed by atoms with E-state index in [1.165, 1.54) is 11.8 Å². The Bertz CT molecular complexity index is 310. The van der Waals surface area contributed by atoms with Gasteiger partial charge in [0, 0.05) is 10.5 Å². The van der Waals surface area contributed by atoms with Gasteiger partial charge in [-0.15, -0.1) is 11.8 Å². The molecule has 0 fully saturated rings. The van der Waals surface area contributed by atoms with Crippen LogP contribution in [-0.4, -0.2) is 44.4 Å². The van der Waals surface area contributed by atoms with E-state index in [0.717, 1.165) is 0 Å². The van der Waals surface area contributed by atoms with E-state index >= 15 is 0 Å². The van der Waals surface area contributed by atoms with Crippen LogP contribution in [0.3, 0.4) is 0 Å². The first-order valence-electron chi connectivity index (χ1n) is 4.01. The lowest BCUT2D eigenvalue weighted by Crippen LogP contribution is -2.44. The van der Waals surface area contributed by atoms with Crippen molar-refractivity contribution in [3.05, 3.63) is 0 Å². The van der Waals surface area contributed by atoms with Crippen molar-refractivity contribution in [2.75, 3.05) is 5.75 Å². The normalized spacial score (nSPS) is 25.3. The molecule has 0 aromatic carbocycles. The zero-order valence-electron chi connectivity index (χ0n) is 7.85. The fraction of sp³-hybridized carbons (Fsp3) is 0.625. The van der Waals surface area contributed by atoms with Gasteiger partial charge in [-0.3, -0.25) is 4.99 Å². The Labute approximate surface area is 85.2 Å². The fourth-order valence-corrected chi connectivity index (χ4v) is 2.17. The molecule has 1 unspecified atom stereocenters. The first-order chi connectivity index (χ1) is 6.34. The number of rotatable bonds is 2. The molecule has 0 saturated heterocycles. The van der Waals surface area contributed by atoms with E-state index in [1.807, 2.05) is 0 Å². The highest BCUT2D eigenvalue weighted by Gasteiger charge is 2.40. The van der Waals surface area contributed by atoms with Crippen molar-refractivity contribution in [2.45, 2.75) is 24.6 Å². The molecule has 78 valence electrons. The summed E-state index contributed by atoms with van der Waals surface area (Å²) in [5, 5.41) is 17.5. The van der Waals surface area contributed by atoms with Crippen LogP contribution in [0.1, 0.15) is 13.8 Å². The molecule has 0 aromatic heterocycles. The standard InChI is InChI=1S/C8H11NO4S/c1-8(2)5(7(12)13)9-4(3-14-8)6(10)11/h5H,3H2,1-2H3,(H,10,11)(H,12,13). The number of aliphatic imine (C=N–C) groups is 1. The summed E-state index contributed by atoms with van der Waals surface area (Å²) in [6.07, 6.45) is 0. The van der Waals surface area contributed by atoms with E-state index in [1.54, 1.807) is 13.8 Å². The van der Waals surface area contributed by atoms with Crippen LogP contribution >= 0.6 is 11.8 Å². The lowest BCUT2D eigenvalue weighted by atomic mass is 10.0. The Morgan fingerprint density at radius 3 is 2.50 bits per heavy atom. The molecule has 0 bridgehead atoms. The van der Waals surface area contributed by atoms with Crippen LogP contribution in [0.25, 0.3) is 0 Å². The number of hydrogen-bond acceptors (Lipinski definition) is 4. The van der Waals surface area contributed by atoms with E-state index in [2.05, 4.69) is 4.99 Å². The predicted octanol–water partition coefficient (Wildman–Crippen LogP) is 0.491. The monoisotopic (exact) mass is 217 g/mol. The third-order valence-corrected chi connectivity index (χ3v) is 3.39. The van der Waals surface area contributed by atoms with E-state index in [4.69, 9.17) is 10.2 Å². The lowest BCUT2D eigenvalue weighted by molar-refractivity contribution is -0.139. The molecule has 5 nitrogen and oxygen atoms in total.